The van der Waals surface area contributed by atoms with Gasteiger partial charge in [-0.05, 0) is 24.7 Å². The maximum absolute atomic E-state index is 11.5. The molecule has 110 valence electrons. The van der Waals surface area contributed by atoms with Gasteiger partial charge in [-0.1, -0.05) is 12.1 Å². The molecule has 0 saturated carbocycles. The van der Waals surface area contributed by atoms with Crippen molar-refractivity contribution in [1.29, 1.82) is 0 Å². The molecular formula is C13H17NO5S. The largest absolute Gasteiger partial charge is 0.478 e. The minimum Gasteiger partial charge on any atom is -0.478 e. The van der Waals surface area contributed by atoms with Crippen LogP contribution in [-0.4, -0.2) is 60.2 Å². The molecule has 2 rings (SSSR count). The average molecular weight is 299 g/mol. The number of hydrogen-bond acceptors (Lipinski definition) is 5. The number of rotatable bonds is 4. The number of aliphatic hydroxyl groups excluding tert-OH is 1. The normalized spacial score (nSPS) is 24.9. The highest BCUT2D eigenvalue weighted by molar-refractivity contribution is 7.91. The molecule has 2 N–H and O–H groups in total. The summed E-state index contributed by atoms with van der Waals surface area (Å²) in [7, 11) is -1.42. The standard InChI is InChI=1S/C13H17NO5S/c1-14(11-7-20(18,19)8-12(11)15)6-9-2-4-10(5-3-9)13(16)17/h2-5,11-12,15H,6-8H2,1H3,(H,16,17). The van der Waals surface area contributed by atoms with E-state index in [0.717, 1.165) is 5.56 Å². The third-order valence-electron chi connectivity index (χ3n) is 3.49. The Balaban J connectivity index is 2.04. The summed E-state index contributed by atoms with van der Waals surface area (Å²) in [6.07, 6.45) is -0.872. The van der Waals surface area contributed by atoms with E-state index in [1.807, 2.05) is 0 Å². The topological polar surface area (TPSA) is 94.9 Å². The van der Waals surface area contributed by atoms with Crippen LogP contribution in [0.25, 0.3) is 0 Å². The van der Waals surface area contributed by atoms with Gasteiger partial charge in [0, 0.05) is 6.54 Å². The van der Waals surface area contributed by atoms with Crippen molar-refractivity contribution < 1.29 is 23.4 Å². The van der Waals surface area contributed by atoms with Crippen LogP contribution in [0.4, 0.5) is 0 Å². The Bertz CT molecular complexity index is 596. The molecule has 1 saturated heterocycles. The number of likely N-dealkylation sites (N-methyl/N-ethyl adjacent to an activating group) is 1. The Morgan fingerprint density at radius 3 is 2.35 bits per heavy atom. The number of benzene rings is 1. The van der Waals surface area contributed by atoms with Crippen LogP contribution in [0.5, 0.6) is 0 Å². The fourth-order valence-electron chi connectivity index (χ4n) is 2.39. The van der Waals surface area contributed by atoms with E-state index in [1.54, 1.807) is 24.1 Å². The Labute approximate surface area is 117 Å². The molecule has 2 atom stereocenters. The number of sulfone groups is 1. The van der Waals surface area contributed by atoms with E-state index in [2.05, 4.69) is 0 Å². The average Bonchev–Trinajstić information content (AvgIpc) is 2.63. The maximum Gasteiger partial charge on any atom is 0.335 e. The molecule has 20 heavy (non-hydrogen) atoms. The molecular weight excluding hydrogens is 282 g/mol. The van der Waals surface area contributed by atoms with Gasteiger partial charge in [0.15, 0.2) is 9.84 Å². The Kier molecular flexibility index (Phi) is 4.12. The molecule has 6 nitrogen and oxygen atoms in total. The summed E-state index contributed by atoms with van der Waals surface area (Å²) in [5.41, 5.74) is 1.08. The van der Waals surface area contributed by atoms with Crippen LogP contribution in [-0.2, 0) is 16.4 Å². The molecule has 1 aromatic carbocycles. The van der Waals surface area contributed by atoms with Gasteiger partial charge in [-0.15, -0.1) is 0 Å². The molecule has 0 bridgehead atoms. The van der Waals surface area contributed by atoms with Crippen molar-refractivity contribution in [3.8, 4) is 0 Å². The van der Waals surface area contributed by atoms with Crippen LogP contribution >= 0.6 is 0 Å². The fourth-order valence-corrected chi connectivity index (χ4v) is 4.27. The lowest BCUT2D eigenvalue weighted by Gasteiger charge is -2.25. The summed E-state index contributed by atoms with van der Waals surface area (Å²) in [4.78, 5) is 12.5. The molecule has 1 aliphatic rings. The smallest absolute Gasteiger partial charge is 0.335 e. The minimum atomic E-state index is -3.17. The number of carbonyl (C=O) groups is 1. The highest BCUT2D eigenvalue weighted by Gasteiger charge is 2.38. The zero-order chi connectivity index (χ0) is 14.9. The monoisotopic (exact) mass is 299 g/mol. The van der Waals surface area contributed by atoms with E-state index in [4.69, 9.17) is 5.11 Å². The minimum absolute atomic E-state index is 0.0438. The van der Waals surface area contributed by atoms with Gasteiger partial charge in [-0.2, -0.15) is 0 Å². The van der Waals surface area contributed by atoms with Crippen molar-refractivity contribution in [2.75, 3.05) is 18.6 Å². The zero-order valence-corrected chi connectivity index (χ0v) is 11.9. The molecule has 1 aromatic rings. The van der Waals surface area contributed by atoms with E-state index in [9.17, 15) is 18.3 Å². The van der Waals surface area contributed by atoms with Crippen LogP contribution in [0, 0.1) is 0 Å². The number of aliphatic hydroxyl groups is 1. The van der Waals surface area contributed by atoms with Crippen molar-refractivity contribution in [1.82, 2.24) is 4.90 Å². The molecule has 0 spiro atoms. The second kappa shape index (κ2) is 5.51. The second-order valence-electron chi connectivity index (χ2n) is 5.13. The van der Waals surface area contributed by atoms with Gasteiger partial charge in [0.25, 0.3) is 0 Å². The Morgan fingerprint density at radius 2 is 1.90 bits per heavy atom. The van der Waals surface area contributed by atoms with Crippen molar-refractivity contribution in [2.45, 2.75) is 18.7 Å². The van der Waals surface area contributed by atoms with Gasteiger partial charge in [0.05, 0.1) is 29.2 Å². The lowest BCUT2D eigenvalue weighted by atomic mass is 10.1. The number of hydrogen-bond donors (Lipinski definition) is 2. The van der Waals surface area contributed by atoms with Gasteiger partial charge in [-0.3, -0.25) is 4.90 Å². The van der Waals surface area contributed by atoms with Gasteiger partial charge in [-0.25, -0.2) is 13.2 Å². The van der Waals surface area contributed by atoms with E-state index < -0.39 is 28.0 Å². The highest BCUT2D eigenvalue weighted by atomic mass is 32.2. The molecule has 1 aliphatic heterocycles. The summed E-state index contributed by atoms with van der Waals surface area (Å²) in [5.74, 6) is -1.22. The maximum atomic E-state index is 11.5. The predicted octanol–water partition coefficient (Wildman–Crippen LogP) is -0.0255. The molecule has 1 heterocycles. The Hall–Kier alpha value is -1.44. The quantitative estimate of drug-likeness (QED) is 0.811. The first-order valence-corrected chi connectivity index (χ1v) is 8.01. The van der Waals surface area contributed by atoms with Crippen LogP contribution < -0.4 is 0 Å². The molecule has 7 heteroatoms. The van der Waals surface area contributed by atoms with Crippen LogP contribution in [0.2, 0.25) is 0 Å². The van der Waals surface area contributed by atoms with Gasteiger partial charge in [0.1, 0.15) is 0 Å². The summed E-state index contributed by atoms with van der Waals surface area (Å²) >= 11 is 0. The van der Waals surface area contributed by atoms with Crippen molar-refractivity contribution in [3.05, 3.63) is 35.4 Å². The Morgan fingerprint density at radius 1 is 1.30 bits per heavy atom. The summed E-state index contributed by atoms with van der Waals surface area (Å²) in [6, 6.07) is 5.98. The first-order chi connectivity index (χ1) is 9.28. The predicted molar refractivity (Wildman–Crippen MR) is 73.3 cm³/mol. The molecule has 2 unspecified atom stereocenters. The molecule has 0 radical (unpaired) electrons. The third-order valence-corrected chi connectivity index (χ3v) is 5.19. The first-order valence-electron chi connectivity index (χ1n) is 6.19. The summed E-state index contributed by atoms with van der Waals surface area (Å²) in [6.45, 7) is 0.456. The second-order valence-corrected chi connectivity index (χ2v) is 7.28. The molecule has 0 aromatic heterocycles. The third kappa shape index (κ3) is 3.36. The van der Waals surface area contributed by atoms with Crippen LogP contribution in [0.3, 0.4) is 0 Å². The lowest BCUT2D eigenvalue weighted by Crippen LogP contribution is -2.40. The van der Waals surface area contributed by atoms with Crippen LogP contribution in [0.1, 0.15) is 15.9 Å². The van der Waals surface area contributed by atoms with Crippen molar-refractivity contribution >= 4 is 15.8 Å². The molecule has 1 fully saturated rings. The zero-order valence-electron chi connectivity index (χ0n) is 11.1. The van der Waals surface area contributed by atoms with Gasteiger partial charge in [0.2, 0.25) is 0 Å². The van der Waals surface area contributed by atoms with E-state index in [-0.39, 0.29) is 17.1 Å². The molecule has 0 amide bonds. The van der Waals surface area contributed by atoms with E-state index in [0.29, 0.717) is 6.54 Å². The number of carboxylic acid groups (broad SMARTS) is 1. The van der Waals surface area contributed by atoms with E-state index >= 15 is 0 Å². The number of nitrogens with zero attached hydrogens (tertiary/aromatic N) is 1. The lowest BCUT2D eigenvalue weighted by molar-refractivity contribution is 0.0697. The fraction of sp³-hybridized carbons (Fsp3) is 0.462. The number of aromatic carboxylic acids is 1. The van der Waals surface area contributed by atoms with Crippen molar-refractivity contribution in [2.24, 2.45) is 0 Å². The van der Waals surface area contributed by atoms with Gasteiger partial charge < -0.3 is 10.2 Å². The highest BCUT2D eigenvalue weighted by Crippen LogP contribution is 2.19. The summed E-state index contributed by atoms with van der Waals surface area (Å²) < 4.78 is 23.0. The van der Waals surface area contributed by atoms with Crippen LogP contribution in [0.15, 0.2) is 24.3 Å². The van der Waals surface area contributed by atoms with Crippen molar-refractivity contribution in [3.63, 3.8) is 0 Å². The SMILES string of the molecule is CN(Cc1ccc(C(=O)O)cc1)C1CS(=O)(=O)CC1O. The summed E-state index contributed by atoms with van der Waals surface area (Å²) in [5, 5.41) is 18.6. The number of carboxylic acids is 1. The first kappa shape index (κ1) is 15.0. The van der Waals surface area contributed by atoms with Gasteiger partial charge >= 0.3 is 5.97 Å². The molecule has 0 aliphatic carbocycles. The van der Waals surface area contributed by atoms with E-state index in [1.165, 1.54) is 12.1 Å².